The topological polar surface area (TPSA) is 89.6 Å². The van der Waals surface area contributed by atoms with E-state index in [0.717, 1.165) is 23.5 Å². The summed E-state index contributed by atoms with van der Waals surface area (Å²) in [7, 11) is 0. The van der Waals surface area contributed by atoms with Crippen LogP contribution < -0.4 is 5.32 Å². The van der Waals surface area contributed by atoms with Gasteiger partial charge in [0.05, 0.1) is 16.8 Å². The molecule has 29 heavy (non-hydrogen) atoms. The normalized spacial score (nSPS) is 12.7. The van der Waals surface area contributed by atoms with Crippen molar-refractivity contribution < 1.29 is 9.18 Å². The molecule has 0 radical (unpaired) electrons. The SMILES string of the molecule is N#Cc1cccc(-c2cccc(CC(=O)c3nc4c(s3)CNCC4)c2C#N)c1F. The number of halogens is 1. The number of Topliss-reactive ketones (excluding diaryl/α,β-unsaturated/α-hetero) is 1. The molecule has 1 N–H and O–H groups in total. The first-order valence-corrected chi connectivity index (χ1v) is 9.87. The second kappa shape index (κ2) is 7.92. The van der Waals surface area contributed by atoms with Crippen LogP contribution in [0.15, 0.2) is 36.4 Å². The van der Waals surface area contributed by atoms with Crippen molar-refractivity contribution >= 4 is 17.1 Å². The third-order valence-corrected chi connectivity index (χ3v) is 6.00. The molecular weight excluding hydrogens is 387 g/mol. The predicted molar refractivity (Wildman–Crippen MR) is 107 cm³/mol. The van der Waals surface area contributed by atoms with Crippen LogP contribution in [0.4, 0.5) is 4.39 Å². The van der Waals surface area contributed by atoms with Crippen LogP contribution in [0.3, 0.4) is 0 Å². The highest BCUT2D eigenvalue weighted by Gasteiger charge is 2.21. The molecular formula is C22H15FN4OS. The van der Waals surface area contributed by atoms with Crippen molar-refractivity contribution in [3.05, 3.63) is 74.5 Å². The van der Waals surface area contributed by atoms with Gasteiger partial charge in [-0.3, -0.25) is 4.79 Å². The fourth-order valence-electron chi connectivity index (χ4n) is 3.42. The lowest BCUT2D eigenvalue weighted by atomic mass is 9.92. The van der Waals surface area contributed by atoms with Gasteiger partial charge in [-0.1, -0.05) is 30.3 Å². The van der Waals surface area contributed by atoms with Gasteiger partial charge in [0.2, 0.25) is 0 Å². The van der Waals surface area contributed by atoms with E-state index in [2.05, 4.69) is 16.4 Å². The van der Waals surface area contributed by atoms with E-state index in [1.807, 2.05) is 6.07 Å². The number of aromatic nitrogens is 1. The Morgan fingerprint density at radius 1 is 1.17 bits per heavy atom. The van der Waals surface area contributed by atoms with Gasteiger partial charge in [-0.2, -0.15) is 10.5 Å². The zero-order chi connectivity index (χ0) is 20.4. The number of hydrogen-bond donors (Lipinski definition) is 1. The van der Waals surface area contributed by atoms with Crippen molar-refractivity contribution in [1.29, 1.82) is 10.5 Å². The number of hydrogen-bond acceptors (Lipinski definition) is 6. The lowest BCUT2D eigenvalue weighted by molar-refractivity contribution is 0.0992. The van der Waals surface area contributed by atoms with Crippen LogP contribution in [0.25, 0.3) is 11.1 Å². The van der Waals surface area contributed by atoms with Gasteiger partial charge in [-0.25, -0.2) is 9.37 Å². The molecule has 0 unspecified atom stereocenters. The highest BCUT2D eigenvalue weighted by molar-refractivity contribution is 7.13. The van der Waals surface area contributed by atoms with Gasteiger partial charge in [-0.15, -0.1) is 11.3 Å². The van der Waals surface area contributed by atoms with Gasteiger partial charge in [0, 0.05) is 41.9 Å². The zero-order valence-electron chi connectivity index (χ0n) is 15.3. The summed E-state index contributed by atoms with van der Waals surface area (Å²) in [5, 5.41) is 22.5. The minimum absolute atomic E-state index is 0.0100. The van der Waals surface area contributed by atoms with Crippen LogP contribution in [0, 0.1) is 28.5 Å². The van der Waals surface area contributed by atoms with Gasteiger partial charge in [0.25, 0.3) is 0 Å². The van der Waals surface area contributed by atoms with E-state index in [-0.39, 0.29) is 28.9 Å². The summed E-state index contributed by atoms with van der Waals surface area (Å²) in [4.78, 5) is 18.4. The molecule has 2 aromatic carbocycles. The van der Waals surface area contributed by atoms with Crippen molar-refractivity contribution in [2.45, 2.75) is 19.4 Å². The highest BCUT2D eigenvalue weighted by Crippen LogP contribution is 2.30. The number of ketones is 1. The van der Waals surface area contributed by atoms with E-state index < -0.39 is 5.82 Å². The van der Waals surface area contributed by atoms with E-state index in [1.165, 1.54) is 23.5 Å². The monoisotopic (exact) mass is 402 g/mol. The number of rotatable bonds is 4. The molecule has 0 aliphatic carbocycles. The minimum atomic E-state index is -0.671. The summed E-state index contributed by atoms with van der Waals surface area (Å²) in [6.45, 7) is 1.56. The van der Waals surface area contributed by atoms with E-state index in [9.17, 15) is 14.4 Å². The lowest BCUT2D eigenvalue weighted by Crippen LogP contribution is -2.22. The first kappa shape index (κ1) is 18.9. The Morgan fingerprint density at radius 2 is 1.97 bits per heavy atom. The molecule has 142 valence electrons. The summed E-state index contributed by atoms with van der Waals surface area (Å²) in [5.41, 5.74) is 2.16. The average molecular weight is 402 g/mol. The summed E-state index contributed by atoms with van der Waals surface area (Å²) < 4.78 is 14.7. The average Bonchev–Trinajstić information content (AvgIpc) is 3.18. The Hall–Kier alpha value is -3.39. The summed E-state index contributed by atoms with van der Waals surface area (Å²) in [6, 6.07) is 13.4. The summed E-state index contributed by atoms with van der Waals surface area (Å²) in [5.74, 6) is -0.834. The predicted octanol–water partition coefficient (Wildman–Crippen LogP) is 3.76. The van der Waals surface area contributed by atoms with Crippen molar-refractivity contribution in [2.75, 3.05) is 6.54 Å². The molecule has 0 saturated heterocycles. The second-order valence-corrected chi connectivity index (χ2v) is 7.73. The number of nitriles is 2. The van der Waals surface area contributed by atoms with Crippen LogP contribution in [0.2, 0.25) is 0 Å². The Kier molecular flexibility index (Phi) is 5.18. The first-order chi connectivity index (χ1) is 14.1. The number of nitrogens with one attached hydrogen (secondary N) is 1. The molecule has 5 nitrogen and oxygen atoms in total. The molecule has 4 rings (SSSR count). The molecule has 0 fully saturated rings. The van der Waals surface area contributed by atoms with Crippen LogP contribution in [0.1, 0.15) is 37.1 Å². The minimum Gasteiger partial charge on any atom is -0.311 e. The van der Waals surface area contributed by atoms with Crippen LogP contribution in [-0.4, -0.2) is 17.3 Å². The summed E-state index contributed by atoms with van der Waals surface area (Å²) >= 11 is 1.38. The largest absolute Gasteiger partial charge is 0.311 e. The molecule has 0 saturated carbocycles. The van der Waals surface area contributed by atoms with Crippen LogP contribution in [0.5, 0.6) is 0 Å². The Morgan fingerprint density at radius 3 is 2.72 bits per heavy atom. The number of nitrogens with zero attached hydrogens (tertiary/aromatic N) is 3. The van der Waals surface area contributed by atoms with Crippen molar-refractivity contribution in [3.63, 3.8) is 0 Å². The lowest BCUT2D eigenvalue weighted by Gasteiger charge is -2.10. The number of thiazole rings is 1. The molecule has 0 spiro atoms. The number of benzene rings is 2. The van der Waals surface area contributed by atoms with Crippen molar-refractivity contribution in [3.8, 4) is 23.3 Å². The van der Waals surface area contributed by atoms with E-state index in [1.54, 1.807) is 24.3 Å². The van der Waals surface area contributed by atoms with Crippen molar-refractivity contribution in [2.24, 2.45) is 0 Å². The molecule has 0 bridgehead atoms. The molecule has 1 aliphatic heterocycles. The fourth-order valence-corrected chi connectivity index (χ4v) is 4.44. The van der Waals surface area contributed by atoms with Gasteiger partial charge in [0.15, 0.2) is 10.8 Å². The summed E-state index contributed by atoms with van der Waals surface area (Å²) in [6.07, 6.45) is 0.808. The Bertz CT molecular complexity index is 1180. The maximum Gasteiger partial charge on any atom is 0.195 e. The third kappa shape index (κ3) is 3.54. The highest BCUT2D eigenvalue weighted by atomic mass is 32.1. The standard InChI is InChI=1S/C22H15FN4OS/c23-21-14(10-24)4-2-6-16(21)15-5-1-3-13(17(15)11-25)9-19(28)22-27-18-7-8-26-12-20(18)29-22/h1-6,26H,7-9,12H2. The molecule has 1 aromatic heterocycles. The first-order valence-electron chi connectivity index (χ1n) is 9.06. The molecule has 0 atom stereocenters. The fraction of sp³-hybridized carbons (Fsp3) is 0.182. The third-order valence-electron chi connectivity index (χ3n) is 4.86. The van der Waals surface area contributed by atoms with E-state index in [0.29, 0.717) is 22.7 Å². The maximum atomic E-state index is 14.7. The Labute approximate surface area is 171 Å². The van der Waals surface area contributed by atoms with E-state index in [4.69, 9.17) is 5.26 Å². The molecule has 0 amide bonds. The van der Waals surface area contributed by atoms with Crippen LogP contribution >= 0.6 is 11.3 Å². The van der Waals surface area contributed by atoms with Gasteiger partial charge >= 0.3 is 0 Å². The molecule has 3 aromatic rings. The molecule has 1 aliphatic rings. The zero-order valence-corrected chi connectivity index (χ0v) is 16.1. The smallest absolute Gasteiger partial charge is 0.195 e. The quantitative estimate of drug-likeness (QED) is 0.671. The number of carbonyl (C=O) groups is 1. The molecule has 2 heterocycles. The van der Waals surface area contributed by atoms with Gasteiger partial charge < -0.3 is 5.32 Å². The van der Waals surface area contributed by atoms with Gasteiger partial charge in [-0.05, 0) is 11.6 Å². The molecule has 7 heteroatoms. The number of fused-ring (bicyclic) bond motifs is 1. The van der Waals surface area contributed by atoms with E-state index >= 15 is 0 Å². The van der Waals surface area contributed by atoms with Crippen molar-refractivity contribution in [1.82, 2.24) is 10.3 Å². The second-order valence-electron chi connectivity index (χ2n) is 6.65. The number of carbonyl (C=O) groups excluding carboxylic acids is 1. The Balaban J connectivity index is 1.70. The maximum absolute atomic E-state index is 14.7. The van der Waals surface area contributed by atoms with Gasteiger partial charge in [0.1, 0.15) is 18.0 Å². The van der Waals surface area contributed by atoms with Crippen LogP contribution in [-0.2, 0) is 19.4 Å².